The number of hydrogen-bond donors (Lipinski definition) is 3. The fourth-order valence-electron chi connectivity index (χ4n) is 9.06. The highest BCUT2D eigenvalue weighted by Gasteiger charge is 2.62. The van der Waals surface area contributed by atoms with Crippen LogP contribution in [0.15, 0.2) is 66.7 Å². The van der Waals surface area contributed by atoms with E-state index in [9.17, 15) is 27.6 Å². The summed E-state index contributed by atoms with van der Waals surface area (Å²) in [5.41, 5.74) is 2.30. The minimum atomic E-state index is -3.91. The lowest BCUT2D eigenvalue weighted by Crippen LogP contribution is -2.58. The molecule has 316 valence electrons. The Hall–Kier alpha value is -5.51. The Bertz CT molecular complexity index is 2460. The Morgan fingerprint density at radius 3 is 2.50 bits per heavy atom. The van der Waals surface area contributed by atoms with Crippen molar-refractivity contribution in [1.29, 1.82) is 0 Å². The summed E-state index contributed by atoms with van der Waals surface area (Å²) in [4.78, 5) is 63.0. The van der Waals surface area contributed by atoms with Gasteiger partial charge >= 0.3 is 6.09 Å². The number of aryl methyl sites for hydroxylation is 1. The Kier molecular flexibility index (Phi) is 10.8. The number of allylic oxidation sites excluding steroid dienone is 1. The van der Waals surface area contributed by atoms with Crippen molar-refractivity contribution >= 4 is 50.4 Å². The molecule has 4 heterocycles. The molecule has 2 aliphatic heterocycles. The number of alkyl carbamates (subject to hydrolysis) is 1. The van der Waals surface area contributed by atoms with Crippen molar-refractivity contribution < 1.29 is 37.1 Å². The standard InChI is InChI=1S/C44H51N7O8S/c1-27-13-12-20-33-38(27)39-45-35(28-14-6-5-7-15-28)24-37(51(39)48-33)58-31-23-36-40(52)47-44(42(54)49-60(56,57)32-21-22-32)25-29(44)16-8-3-2-4-9-19-34(41(53)50(36)26-31)46-43(55)59-30-17-10-11-18-30/h5-8,12-16,20,24,29-32,34,36H,2-4,9-11,17-19,21-23,25-26H2,1H3,(H,46,55)(H,47,52)(H,49,54)/b16-8-/t29-,31+,34-,36-,44+/m0/s1. The van der Waals surface area contributed by atoms with Gasteiger partial charge in [0.1, 0.15) is 29.8 Å². The third-order valence-corrected chi connectivity index (χ3v) is 14.5. The zero-order chi connectivity index (χ0) is 41.6. The number of carbonyl (C=O) groups excluding carboxylic acids is 4. The Balaban J connectivity index is 1.06. The van der Waals surface area contributed by atoms with Gasteiger partial charge in [0, 0.05) is 29.4 Å². The van der Waals surface area contributed by atoms with Crippen LogP contribution in [0.2, 0.25) is 0 Å². The largest absolute Gasteiger partial charge is 0.472 e. The molecule has 5 atom stereocenters. The maximum absolute atomic E-state index is 14.8. The second-order valence-electron chi connectivity index (χ2n) is 17.1. The maximum atomic E-state index is 14.8. The third kappa shape index (κ3) is 8.05. The van der Waals surface area contributed by atoms with E-state index in [1.807, 2.05) is 67.6 Å². The van der Waals surface area contributed by atoms with Crippen molar-refractivity contribution in [3.8, 4) is 17.1 Å². The maximum Gasteiger partial charge on any atom is 0.408 e. The number of ether oxygens (including phenoxy) is 2. The van der Waals surface area contributed by atoms with Crippen LogP contribution < -0.4 is 20.1 Å². The van der Waals surface area contributed by atoms with Crippen LogP contribution in [0.25, 0.3) is 27.8 Å². The summed E-state index contributed by atoms with van der Waals surface area (Å²) in [5.74, 6) is -1.94. The highest BCUT2D eigenvalue weighted by atomic mass is 32.2. The van der Waals surface area contributed by atoms with Crippen LogP contribution in [-0.2, 0) is 29.1 Å². The summed E-state index contributed by atoms with van der Waals surface area (Å²) in [6.45, 7) is 1.98. The van der Waals surface area contributed by atoms with E-state index in [-0.39, 0.29) is 25.5 Å². The van der Waals surface area contributed by atoms with E-state index < -0.39 is 68.7 Å². The van der Waals surface area contributed by atoms with Crippen LogP contribution in [0.4, 0.5) is 4.79 Å². The number of fused-ring (bicyclic) bond motifs is 5. The van der Waals surface area contributed by atoms with Gasteiger partial charge in [0.25, 0.3) is 5.91 Å². The normalized spacial score (nSPS) is 27.0. The first-order chi connectivity index (χ1) is 29.0. The SMILES string of the molecule is Cc1cccc2nn3c(O[C@@H]4C[C@H]5C(=O)N[C@]6(C(=O)NS(=O)(=O)C7CC7)C[C@@H]6/C=C\CCCCC[C@H](NC(=O)OC6CCCC6)C(=O)N5C4)cc(-c4ccccc4)nc3c12. The molecule has 60 heavy (non-hydrogen) atoms. The van der Waals surface area contributed by atoms with E-state index >= 15 is 0 Å². The van der Waals surface area contributed by atoms with E-state index in [1.165, 1.54) is 4.90 Å². The number of aromatic nitrogens is 3. The quantitative estimate of drug-likeness (QED) is 0.198. The van der Waals surface area contributed by atoms with Gasteiger partial charge in [0.2, 0.25) is 27.7 Å². The third-order valence-electron chi connectivity index (χ3n) is 12.6. The Labute approximate surface area is 348 Å². The van der Waals surface area contributed by atoms with E-state index in [4.69, 9.17) is 19.6 Å². The highest BCUT2D eigenvalue weighted by molar-refractivity contribution is 7.91. The molecular weight excluding hydrogens is 787 g/mol. The molecule has 3 aliphatic carbocycles. The first kappa shape index (κ1) is 39.9. The molecule has 2 aromatic carbocycles. The second-order valence-corrected chi connectivity index (χ2v) is 19.0. The van der Waals surface area contributed by atoms with E-state index in [0.29, 0.717) is 49.3 Å². The van der Waals surface area contributed by atoms with Gasteiger partial charge < -0.3 is 25.0 Å². The number of sulfonamides is 1. The first-order valence-corrected chi connectivity index (χ1v) is 22.9. The predicted molar refractivity (Wildman–Crippen MR) is 222 cm³/mol. The van der Waals surface area contributed by atoms with Crippen LogP contribution in [-0.4, -0.2) is 93.4 Å². The van der Waals surface area contributed by atoms with Crippen molar-refractivity contribution in [3.05, 3.63) is 72.3 Å². The summed E-state index contributed by atoms with van der Waals surface area (Å²) in [5, 5.41) is 10.9. The van der Waals surface area contributed by atoms with Crippen LogP contribution in [0.1, 0.15) is 89.0 Å². The molecule has 16 heteroatoms. The molecule has 4 aromatic rings. The van der Waals surface area contributed by atoms with Crippen LogP contribution in [0.5, 0.6) is 5.88 Å². The monoisotopic (exact) mass is 837 g/mol. The smallest absolute Gasteiger partial charge is 0.408 e. The molecule has 0 radical (unpaired) electrons. The summed E-state index contributed by atoms with van der Waals surface area (Å²) >= 11 is 0. The molecule has 9 rings (SSSR count). The van der Waals surface area contributed by atoms with Gasteiger partial charge in [-0.2, -0.15) is 9.61 Å². The molecule has 15 nitrogen and oxygen atoms in total. The van der Waals surface area contributed by atoms with Gasteiger partial charge in [0.05, 0.1) is 23.0 Å². The zero-order valence-electron chi connectivity index (χ0n) is 33.7. The fourth-order valence-corrected chi connectivity index (χ4v) is 10.4. The molecule has 4 fully saturated rings. The number of hydrogen-bond acceptors (Lipinski definition) is 10. The predicted octanol–water partition coefficient (Wildman–Crippen LogP) is 5.25. The lowest BCUT2D eigenvalue weighted by Gasteiger charge is -2.30. The summed E-state index contributed by atoms with van der Waals surface area (Å²) in [6.07, 6.45) is 10.1. The van der Waals surface area contributed by atoms with Crippen LogP contribution in [0, 0.1) is 12.8 Å². The molecule has 3 N–H and O–H groups in total. The lowest BCUT2D eigenvalue weighted by molar-refractivity contribution is -0.141. The molecule has 5 aliphatic rings. The van der Waals surface area contributed by atoms with Gasteiger partial charge in [-0.05, 0) is 82.8 Å². The van der Waals surface area contributed by atoms with Crippen LogP contribution in [0.3, 0.4) is 0 Å². The van der Waals surface area contributed by atoms with E-state index in [0.717, 1.165) is 60.6 Å². The fraction of sp³-hybridized carbons (Fsp3) is 0.500. The lowest BCUT2D eigenvalue weighted by atomic mass is 10.0. The number of nitrogens with one attached hydrogen (secondary N) is 3. The van der Waals surface area contributed by atoms with Crippen molar-refractivity contribution in [1.82, 2.24) is 34.9 Å². The minimum Gasteiger partial charge on any atom is -0.472 e. The average Bonchev–Trinajstić information content (AvgIpc) is 4.04. The van der Waals surface area contributed by atoms with Gasteiger partial charge in [0.15, 0.2) is 5.65 Å². The summed E-state index contributed by atoms with van der Waals surface area (Å²) in [7, 11) is -3.91. The van der Waals surface area contributed by atoms with Gasteiger partial charge in [-0.1, -0.05) is 67.5 Å². The molecular formula is C44H51N7O8S. The molecule has 0 unspecified atom stereocenters. The molecule has 1 saturated heterocycles. The minimum absolute atomic E-state index is 0.0182. The number of carbonyl (C=O) groups is 4. The van der Waals surface area contributed by atoms with Gasteiger partial charge in [-0.15, -0.1) is 0 Å². The van der Waals surface area contributed by atoms with E-state index in [2.05, 4.69) is 15.4 Å². The number of rotatable bonds is 8. The molecule has 2 aromatic heterocycles. The van der Waals surface area contributed by atoms with Crippen molar-refractivity contribution in [2.75, 3.05) is 6.54 Å². The second kappa shape index (κ2) is 16.2. The molecule has 4 amide bonds. The van der Waals surface area contributed by atoms with Crippen LogP contribution >= 0.6 is 0 Å². The highest BCUT2D eigenvalue weighted by Crippen LogP contribution is 2.46. The number of benzene rings is 2. The first-order valence-electron chi connectivity index (χ1n) is 21.3. The van der Waals surface area contributed by atoms with E-state index in [1.54, 1.807) is 10.6 Å². The molecule has 0 spiro atoms. The Morgan fingerprint density at radius 1 is 0.933 bits per heavy atom. The average molecular weight is 838 g/mol. The van der Waals surface area contributed by atoms with Crippen molar-refractivity contribution in [2.24, 2.45) is 5.92 Å². The summed E-state index contributed by atoms with van der Waals surface area (Å²) in [6, 6.07) is 15.2. The Morgan fingerprint density at radius 2 is 1.72 bits per heavy atom. The topological polar surface area (TPSA) is 190 Å². The van der Waals surface area contributed by atoms with Gasteiger partial charge in [-0.25, -0.2) is 18.2 Å². The van der Waals surface area contributed by atoms with Crippen molar-refractivity contribution in [2.45, 2.75) is 125 Å². The zero-order valence-corrected chi connectivity index (χ0v) is 34.5. The van der Waals surface area contributed by atoms with Crippen molar-refractivity contribution in [3.63, 3.8) is 0 Å². The number of nitrogens with zero attached hydrogens (tertiary/aromatic N) is 4. The number of amides is 4. The summed E-state index contributed by atoms with van der Waals surface area (Å²) < 4.78 is 42.3. The van der Waals surface area contributed by atoms with Gasteiger partial charge in [-0.3, -0.25) is 19.1 Å². The molecule has 0 bridgehead atoms. The molecule has 3 saturated carbocycles.